The van der Waals surface area contributed by atoms with Gasteiger partial charge in [-0.05, 0) is 17.2 Å². The highest BCUT2D eigenvalue weighted by Crippen LogP contribution is 2.41. The SMILES string of the molecule is COC(=O)N1C=Cc2c(cccc2[N+](=O)[O-])C1c1nc(Cc2ccccc2)c(N2CCOCC2)o1. The highest BCUT2D eigenvalue weighted by atomic mass is 16.6. The Morgan fingerprint density at radius 2 is 1.94 bits per heavy atom. The molecule has 0 spiro atoms. The van der Waals surface area contributed by atoms with E-state index in [1.165, 1.54) is 30.4 Å². The van der Waals surface area contributed by atoms with E-state index in [-0.39, 0.29) is 11.6 Å². The second-order valence-electron chi connectivity index (χ2n) is 8.20. The summed E-state index contributed by atoms with van der Waals surface area (Å²) >= 11 is 0. The second-order valence-corrected chi connectivity index (χ2v) is 8.20. The number of amides is 1. The third kappa shape index (κ3) is 4.35. The van der Waals surface area contributed by atoms with E-state index in [2.05, 4.69) is 4.90 Å². The molecular weight excluding hydrogens is 452 g/mol. The number of nitro groups is 1. The molecule has 35 heavy (non-hydrogen) atoms. The summed E-state index contributed by atoms with van der Waals surface area (Å²) in [6.07, 6.45) is 2.91. The average Bonchev–Trinajstić information content (AvgIpc) is 3.31. The van der Waals surface area contributed by atoms with Crippen LogP contribution in [-0.2, 0) is 15.9 Å². The van der Waals surface area contributed by atoms with E-state index < -0.39 is 17.1 Å². The van der Waals surface area contributed by atoms with Crippen LogP contribution in [0.2, 0.25) is 0 Å². The van der Waals surface area contributed by atoms with Gasteiger partial charge < -0.3 is 18.8 Å². The number of methoxy groups -OCH3 is 1. The van der Waals surface area contributed by atoms with Crippen LogP contribution < -0.4 is 4.90 Å². The van der Waals surface area contributed by atoms with Crippen molar-refractivity contribution < 1.29 is 23.6 Å². The Bertz CT molecular complexity index is 1270. The second kappa shape index (κ2) is 9.59. The molecule has 10 heteroatoms. The molecule has 1 fully saturated rings. The summed E-state index contributed by atoms with van der Waals surface area (Å²) in [4.78, 5) is 32.2. The normalized spacial score (nSPS) is 17.2. The number of carbonyl (C=O) groups excluding carboxylic acids is 1. The molecule has 0 N–H and O–H groups in total. The lowest BCUT2D eigenvalue weighted by molar-refractivity contribution is -0.385. The van der Waals surface area contributed by atoms with Gasteiger partial charge in [0, 0.05) is 31.8 Å². The van der Waals surface area contributed by atoms with Crippen molar-refractivity contribution in [2.24, 2.45) is 0 Å². The minimum absolute atomic E-state index is 0.0577. The number of morpholine rings is 1. The number of anilines is 1. The van der Waals surface area contributed by atoms with Crippen molar-refractivity contribution in [2.75, 3.05) is 38.3 Å². The molecule has 0 aliphatic carbocycles. The quantitative estimate of drug-likeness (QED) is 0.399. The summed E-state index contributed by atoms with van der Waals surface area (Å²) in [7, 11) is 1.28. The van der Waals surface area contributed by atoms with Crippen LogP contribution in [0.1, 0.15) is 34.3 Å². The van der Waals surface area contributed by atoms with E-state index >= 15 is 0 Å². The molecule has 5 rings (SSSR count). The van der Waals surface area contributed by atoms with Crippen molar-refractivity contribution in [1.82, 2.24) is 9.88 Å². The molecule has 0 bridgehead atoms. The lowest BCUT2D eigenvalue weighted by Crippen LogP contribution is -2.36. The van der Waals surface area contributed by atoms with Crippen LogP contribution >= 0.6 is 0 Å². The van der Waals surface area contributed by atoms with Crippen molar-refractivity contribution in [3.8, 4) is 0 Å². The molecule has 1 aromatic heterocycles. The maximum absolute atomic E-state index is 12.7. The van der Waals surface area contributed by atoms with Crippen LogP contribution in [0.15, 0.2) is 59.1 Å². The standard InChI is InChI=1S/C25H24N4O6/c1-33-25(30)28-11-10-18-19(8-5-9-21(18)29(31)32)22(28)23-26-20(16-17-6-3-2-4-7-17)24(35-23)27-12-14-34-15-13-27/h2-11,22H,12-16H2,1H3. The van der Waals surface area contributed by atoms with Crippen LogP contribution in [0.3, 0.4) is 0 Å². The van der Waals surface area contributed by atoms with Crippen molar-refractivity contribution in [3.05, 3.63) is 93.1 Å². The molecule has 1 saturated heterocycles. The lowest BCUT2D eigenvalue weighted by atomic mass is 9.95. The van der Waals surface area contributed by atoms with Gasteiger partial charge in [0.25, 0.3) is 5.69 Å². The molecule has 0 radical (unpaired) electrons. The maximum atomic E-state index is 12.7. The zero-order chi connectivity index (χ0) is 24.4. The monoisotopic (exact) mass is 476 g/mol. The van der Waals surface area contributed by atoms with Crippen molar-refractivity contribution in [2.45, 2.75) is 12.5 Å². The van der Waals surface area contributed by atoms with Gasteiger partial charge in [0.05, 0.1) is 30.8 Å². The molecule has 10 nitrogen and oxygen atoms in total. The Hall–Kier alpha value is -4.18. The minimum atomic E-state index is -0.827. The number of nitrogens with zero attached hydrogens (tertiary/aromatic N) is 4. The molecule has 3 aromatic rings. The fourth-order valence-corrected chi connectivity index (χ4v) is 4.46. The van der Waals surface area contributed by atoms with Gasteiger partial charge >= 0.3 is 6.09 Å². The Morgan fingerprint density at radius 1 is 1.17 bits per heavy atom. The highest BCUT2D eigenvalue weighted by Gasteiger charge is 2.37. The first kappa shape index (κ1) is 22.6. The summed E-state index contributed by atoms with van der Waals surface area (Å²) in [5.74, 6) is 0.868. The lowest BCUT2D eigenvalue weighted by Gasteiger charge is -2.30. The van der Waals surface area contributed by atoms with E-state index in [1.807, 2.05) is 30.3 Å². The van der Waals surface area contributed by atoms with E-state index in [0.717, 1.165) is 11.3 Å². The number of aromatic nitrogens is 1. The van der Waals surface area contributed by atoms with Crippen LogP contribution in [-0.4, -0.2) is 54.3 Å². The number of hydrogen-bond acceptors (Lipinski definition) is 8. The van der Waals surface area contributed by atoms with Crippen LogP contribution in [0.25, 0.3) is 6.08 Å². The van der Waals surface area contributed by atoms with Gasteiger partial charge in [-0.25, -0.2) is 9.78 Å². The number of rotatable bonds is 5. The van der Waals surface area contributed by atoms with Gasteiger partial charge in [-0.2, -0.15) is 0 Å². The number of ether oxygens (including phenoxy) is 2. The van der Waals surface area contributed by atoms with Crippen LogP contribution in [0.4, 0.5) is 16.4 Å². The molecule has 2 aliphatic heterocycles. The maximum Gasteiger partial charge on any atom is 0.414 e. The fraction of sp³-hybridized carbons (Fsp3) is 0.280. The van der Waals surface area contributed by atoms with Crippen LogP contribution in [0, 0.1) is 10.1 Å². The number of carbonyl (C=O) groups is 1. The third-order valence-electron chi connectivity index (χ3n) is 6.11. The first-order valence-corrected chi connectivity index (χ1v) is 11.2. The molecule has 2 aliphatic rings. The van der Waals surface area contributed by atoms with Gasteiger partial charge in [-0.1, -0.05) is 42.5 Å². The molecule has 1 unspecified atom stereocenters. The topological polar surface area (TPSA) is 111 Å². The predicted molar refractivity (Wildman–Crippen MR) is 127 cm³/mol. The van der Waals surface area contributed by atoms with Gasteiger partial charge in [-0.15, -0.1) is 0 Å². The zero-order valence-corrected chi connectivity index (χ0v) is 19.1. The summed E-state index contributed by atoms with van der Waals surface area (Å²) < 4.78 is 16.8. The summed E-state index contributed by atoms with van der Waals surface area (Å²) in [5, 5.41) is 11.7. The number of oxazole rings is 1. The van der Waals surface area contributed by atoms with Gasteiger partial charge in [0.1, 0.15) is 11.7 Å². The summed E-state index contributed by atoms with van der Waals surface area (Å²) in [6, 6.07) is 13.8. The molecule has 3 heterocycles. The molecule has 180 valence electrons. The minimum Gasteiger partial charge on any atom is -0.452 e. The molecular formula is C25H24N4O6. The molecule has 1 atom stereocenters. The Balaban J connectivity index is 1.63. The van der Waals surface area contributed by atoms with Gasteiger partial charge in [0.15, 0.2) is 0 Å². The highest BCUT2D eigenvalue weighted by molar-refractivity contribution is 5.76. The van der Waals surface area contributed by atoms with Crippen molar-refractivity contribution >= 4 is 23.7 Å². The van der Waals surface area contributed by atoms with E-state index in [1.54, 1.807) is 12.1 Å². The number of hydrogen-bond donors (Lipinski definition) is 0. The Labute approximate surface area is 201 Å². The number of fused-ring (bicyclic) bond motifs is 1. The Morgan fingerprint density at radius 3 is 2.66 bits per heavy atom. The third-order valence-corrected chi connectivity index (χ3v) is 6.11. The van der Waals surface area contributed by atoms with E-state index in [0.29, 0.717) is 49.7 Å². The van der Waals surface area contributed by atoms with E-state index in [4.69, 9.17) is 18.9 Å². The first-order valence-electron chi connectivity index (χ1n) is 11.2. The number of benzene rings is 2. The molecule has 1 amide bonds. The van der Waals surface area contributed by atoms with Crippen molar-refractivity contribution in [1.29, 1.82) is 0 Å². The fourth-order valence-electron chi connectivity index (χ4n) is 4.46. The molecule has 2 aromatic carbocycles. The zero-order valence-electron chi connectivity index (χ0n) is 19.1. The number of nitro benzene ring substituents is 1. The largest absolute Gasteiger partial charge is 0.452 e. The smallest absolute Gasteiger partial charge is 0.414 e. The van der Waals surface area contributed by atoms with Crippen molar-refractivity contribution in [3.63, 3.8) is 0 Å². The molecule has 0 saturated carbocycles. The average molecular weight is 476 g/mol. The first-order chi connectivity index (χ1) is 17.1. The van der Waals surface area contributed by atoms with E-state index in [9.17, 15) is 14.9 Å². The Kier molecular flexibility index (Phi) is 6.19. The van der Waals surface area contributed by atoms with Gasteiger partial charge in [0.2, 0.25) is 11.8 Å². The van der Waals surface area contributed by atoms with Gasteiger partial charge in [-0.3, -0.25) is 15.0 Å². The summed E-state index contributed by atoms with van der Waals surface area (Å²) in [6.45, 7) is 2.42. The van der Waals surface area contributed by atoms with Crippen LogP contribution in [0.5, 0.6) is 0 Å². The summed E-state index contributed by atoms with van der Waals surface area (Å²) in [5.41, 5.74) is 2.66. The predicted octanol–water partition coefficient (Wildman–Crippen LogP) is 4.15.